The Morgan fingerprint density at radius 1 is 1.13 bits per heavy atom. The number of carbonyl (C=O) groups is 1. The van der Waals surface area contributed by atoms with Crippen LogP contribution in [-0.2, 0) is 21.4 Å². The lowest BCUT2D eigenvalue weighted by molar-refractivity contribution is -0.131. The highest BCUT2D eigenvalue weighted by Gasteiger charge is 2.23. The second-order valence-electron chi connectivity index (χ2n) is 5.90. The lowest BCUT2D eigenvalue weighted by atomic mass is 10.1. The highest BCUT2D eigenvalue weighted by atomic mass is 32.2. The minimum atomic E-state index is -3.45. The fourth-order valence-corrected chi connectivity index (χ4v) is 3.18. The summed E-state index contributed by atoms with van der Waals surface area (Å²) in [5.74, 6) is -0.133. The van der Waals surface area contributed by atoms with E-state index in [0.717, 1.165) is 30.2 Å². The maximum absolute atomic E-state index is 12.5. The van der Waals surface area contributed by atoms with Crippen LogP contribution in [0.1, 0.15) is 37.8 Å². The van der Waals surface area contributed by atoms with Gasteiger partial charge in [0, 0.05) is 19.6 Å². The predicted octanol–water partition coefficient (Wildman–Crippen LogP) is 2.41. The third-order valence-electron chi connectivity index (χ3n) is 3.56. The summed E-state index contributed by atoms with van der Waals surface area (Å²) < 4.78 is 25.4. The van der Waals surface area contributed by atoms with Crippen molar-refractivity contribution in [2.45, 2.75) is 40.2 Å². The highest BCUT2D eigenvalue weighted by Crippen LogP contribution is 2.11. The standard InChI is InChI=1S/C17H28N2O3S/c1-5-10-18(11-6-2)17(20)14-19(23(4,21)22)13-16-9-7-8-15(3)12-16/h7-9,12H,5-6,10-11,13-14H2,1-4H3. The van der Waals surface area contributed by atoms with Crippen LogP contribution in [-0.4, -0.2) is 49.4 Å². The van der Waals surface area contributed by atoms with E-state index in [1.54, 1.807) is 4.90 Å². The van der Waals surface area contributed by atoms with Gasteiger partial charge >= 0.3 is 0 Å². The van der Waals surface area contributed by atoms with Crippen LogP contribution in [0.25, 0.3) is 0 Å². The predicted molar refractivity (Wildman–Crippen MR) is 93.6 cm³/mol. The van der Waals surface area contributed by atoms with E-state index in [-0.39, 0.29) is 19.0 Å². The van der Waals surface area contributed by atoms with E-state index in [0.29, 0.717) is 13.1 Å². The lowest BCUT2D eigenvalue weighted by Crippen LogP contribution is -2.42. The van der Waals surface area contributed by atoms with Gasteiger partial charge in [-0.2, -0.15) is 4.31 Å². The summed E-state index contributed by atoms with van der Waals surface area (Å²) in [5, 5.41) is 0. The molecule has 0 saturated heterocycles. The number of benzene rings is 1. The zero-order chi connectivity index (χ0) is 17.5. The molecule has 0 aliphatic heterocycles. The molecule has 0 bridgehead atoms. The molecule has 0 saturated carbocycles. The second-order valence-corrected chi connectivity index (χ2v) is 7.88. The van der Waals surface area contributed by atoms with E-state index in [1.807, 2.05) is 45.0 Å². The zero-order valence-electron chi connectivity index (χ0n) is 14.6. The van der Waals surface area contributed by atoms with Gasteiger partial charge in [-0.25, -0.2) is 8.42 Å². The van der Waals surface area contributed by atoms with Crippen LogP contribution in [0.5, 0.6) is 0 Å². The molecule has 0 atom stereocenters. The summed E-state index contributed by atoms with van der Waals surface area (Å²) >= 11 is 0. The van der Waals surface area contributed by atoms with Crippen LogP contribution in [0.15, 0.2) is 24.3 Å². The third-order valence-corrected chi connectivity index (χ3v) is 4.76. The maximum atomic E-state index is 12.5. The highest BCUT2D eigenvalue weighted by molar-refractivity contribution is 7.88. The van der Waals surface area contributed by atoms with E-state index >= 15 is 0 Å². The molecule has 0 heterocycles. The van der Waals surface area contributed by atoms with Crippen molar-refractivity contribution in [1.29, 1.82) is 0 Å². The number of nitrogens with zero attached hydrogens (tertiary/aromatic N) is 2. The van der Waals surface area contributed by atoms with Crippen LogP contribution in [0.2, 0.25) is 0 Å². The van der Waals surface area contributed by atoms with Crippen LogP contribution in [0.3, 0.4) is 0 Å². The van der Waals surface area contributed by atoms with Gasteiger partial charge < -0.3 is 4.90 Å². The third kappa shape index (κ3) is 6.71. The van der Waals surface area contributed by atoms with E-state index < -0.39 is 10.0 Å². The van der Waals surface area contributed by atoms with Gasteiger partial charge in [-0.05, 0) is 25.3 Å². The Morgan fingerprint density at radius 3 is 2.22 bits per heavy atom. The van der Waals surface area contributed by atoms with Gasteiger partial charge in [0.25, 0.3) is 0 Å². The molecule has 0 aliphatic rings. The van der Waals surface area contributed by atoms with Crippen molar-refractivity contribution in [3.05, 3.63) is 35.4 Å². The number of hydrogen-bond acceptors (Lipinski definition) is 3. The number of hydrogen-bond donors (Lipinski definition) is 0. The largest absolute Gasteiger partial charge is 0.342 e. The molecule has 23 heavy (non-hydrogen) atoms. The van der Waals surface area contributed by atoms with Crippen molar-refractivity contribution in [1.82, 2.24) is 9.21 Å². The van der Waals surface area contributed by atoms with Crippen molar-refractivity contribution < 1.29 is 13.2 Å². The monoisotopic (exact) mass is 340 g/mol. The second kappa shape index (κ2) is 9.03. The average molecular weight is 340 g/mol. The molecule has 0 unspecified atom stereocenters. The normalized spacial score (nSPS) is 11.7. The van der Waals surface area contributed by atoms with Crippen molar-refractivity contribution in [3.63, 3.8) is 0 Å². The molecule has 130 valence electrons. The Morgan fingerprint density at radius 2 is 1.74 bits per heavy atom. The minimum absolute atomic E-state index is 0.104. The fraction of sp³-hybridized carbons (Fsp3) is 0.588. The molecular weight excluding hydrogens is 312 g/mol. The van der Waals surface area contributed by atoms with E-state index in [1.165, 1.54) is 4.31 Å². The quantitative estimate of drug-likeness (QED) is 0.693. The van der Waals surface area contributed by atoms with E-state index in [2.05, 4.69) is 0 Å². The number of sulfonamides is 1. The van der Waals surface area contributed by atoms with E-state index in [4.69, 9.17) is 0 Å². The van der Waals surface area contributed by atoms with Crippen LogP contribution in [0, 0.1) is 6.92 Å². The van der Waals surface area contributed by atoms with Gasteiger partial charge in [0.1, 0.15) is 0 Å². The molecule has 6 heteroatoms. The first-order valence-electron chi connectivity index (χ1n) is 8.06. The van der Waals surface area contributed by atoms with Gasteiger partial charge in [0.05, 0.1) is 12.8 Å². The molecule has 0 fully saturated rings. The molecule has 1 aromatic carbocycles. The summed E-state index contributed by atoms with van der Waals surface area (Å²) in [5.41, 5.74) is 1.96. The molecule has 1 aromatic rings. The summed E-state index contributed by atoms with van der Waals surface area (Å²) in [6.45, 7) is 7.42. The van der Waals surface area contributed by atoms with Crippen LogP contribution >= 0.6 is 0 Å². The Labute approximate surface area is 140 Å². The molecule has 0 aromatic heterocycles. The topological polar surface area (TPSA) is 57.7 Å². The zero-order valence-corrected chi connectivity index (χ0v) is 15.4. The summed E-state index contributed by atoms with van der Waals surface area (Å²) in [6, 6.07) is 7.68. The molecule has 0 spiro atoms. The smallest absolute Gasteiger partial charge is 0.237 e. The Hall–Kier alpha value is -1.40. The fourth-order valence-electron chi connectivity index (χ4n) is 2.46. The summed E-state index contributed by atoms with van der Waals surface area (Å²) in [4.78, 5) is 14.2. The first-order chi connectivity index (χ1) is 10.8. The van der Waals surface area contributed by atoms with Crippen molar-refractivity contribution in [3.8, 4) is 0 Å². The van der Waals surface area contributed by atoms with Crippen LogP contribution < -0.4 is 0 Å². The van der Waals surface area contributed by atoms with Gasteiger partial charge in [0.2, 0.25) is 15.9 Å². The summed E-state index contributed by atoms with van der Waals surface area (Å²) in [6.07, 6.45) is 2.88. The SMILES string of the molecule is CCCN(CCC)C(=O)CN(Cc1cccc(C)c1)S(C)(=O)=O. The number of aryl methyl sites for hydroxylation is 1. The molecule has 0 radical (unpaired) electrons. The maximum Gasteiger partial charge on any atom is 0.237 e. The van der Waals surface area contributed by atoms with E-state index in [9.17, 15) is 13.2 Å². The molecule has 1 amide bonds. The number of carbonyl (C=O) groups excluding carboxylic acids is 1. The van der Waals surface area contributed by atoms with Crippen molar-refractivity contribution >= 4 is 15.9 Å². The molecular formula is C17H28N2O3S. The van der Waals surface area contributed by atoms with Gasteiger partial charge in [0.15, 0.2) is 0 Å². The Kier molecular flexibility index (Phi) is 7.72. The Bertz CT molecular complexity index is 608. The summed E-state index contributed by atoms with van der Waals surface area (Å²) in [7, 11) is -3.45. The number of rotatable bonds is 9. The molecule has 0 N–H and O–H groups in total. The Balaban J connectivity index is 2.88. The van der Waals surface area contributed by atoms with Gasteiger partial charge in [-0.1, -0.05) is 43.7 Å². The molecule has 0 aliphatic carbocycles. The minimum Gasteiger partial charge on any atom is -0.342 e. The molecule has 1 rings (SSSR count). The van der Waals surface area contributed by atoms with Crippen molar-refractivity contribution in [2.75, 3.05) is 25.9 Å². The van der Waals surface area contributed by atoms with Gasteiger partial charge in [-0.15, -0.1) is 0 Å². The van der Waals surface area contributed by atoms with Gasteiger partial charge in [-0.3, -0.25) is 4.79 Å². The first-order valence-corrected chi connectivity index (χ1v) is 9.91. The van der Waals surface area contributed by atoms with Crippen LogP contribution in [0.4, 0.5) is 0 Å². The number of amides is 1. The van der Waals surface area contributed by atoms with Crippen molar-refractivity contribution in [2.24, 2.45) is 0 Å². The average Bonchev–Trinajstić information content (AvgIpc) is 2.45. The first kappa shape index (κ1) is 19.6. The molecule has 5 nitrogen and oxygen atoms in total. The lowest BCUT2D eigenvalue weighted by Gasteiger charge is -2.26.